The minimum Gasteiger partial charge on any atom is -0.316 e. The molecule has 0 spiro atoms. The van der Waals surface area contributed by atoms with Crippen molar-refractivity contribution in [2.24, 2.45) is 5.92 Å². The first-order valence-corrected chi connectivity index (χ1v) is 6.74. The normalized spacial score (nSPS) is 14.4. The summed E-state index contributed by atoms with van der Waals surface area (Å²) in [7, 11) is 0. The van der Waals surface area contributed by atoms with E-state index < -0.39 is 5.51 Å². The maximum Gasteiger partial charge on any atom is 0.441 e. The van der Waals surface area contributed by atoms with Crippen LogP contribution in [-0.4, -0.2) is 36.4 Å². The van der Waals surface area contributed by atoms with E-state index in [-0.39, 0.29) is 17.5 Å². The fourth-order valence-corrected chi connectivity index (χ4v) is 2.10. The third-order valence-electron chi connectivity index (χ3n) is 1.49. The maximum atomic E-state index is 11.7. The molecule has 0 aromatic carbocycles. The lowest BCUT2D eigenvalue weighted by atomic mass is 10.2. The molecule has 0 radical (unpaired) electrons. The first-order valence-electron chi connectivity index (χ1n) is 4.36. The minimum atomic E-state index is -4.09. The highest BCUT2D eigenvalue weighted by Gasteiger charge is 2.27. The molecule has 0 aliphatic heterocycles. The van der Waals surface area contributed by atoms with Gasteiger partial charge in [-0.2, -0.15) is 24.9 Å². The molecule has 0 aromatic rings. The molecule has 0 aliphatic carbocycles. The number of hydrogen-bond donors (Lipinski definition) is 1. The number of hydrogen-bond acceptors (Lipinski definition) is 3. The van der Waals surface area contributed by atoms with Crippen LogP contribution in [0.4, 0.5) is 13.2 Å². The first-order chi connectivity index (χ1) is 6.45. The van der Waals surface area contributed by atoms with Gasteiger partial charge in [0.1, 0.15) is 0 Å². The highest BCUT2D eigenvalue weighted by Crippen LogP contribution is 2.29. The molecule has 86 valence electrons. The molecule has 1 unspecified atom stereocenters. The molecule has 0 aromatic heterocycles. The molecule has 0 saturated heterocycles. The van der Waals surface area contributed by atoms with Crippen molar-refractivity contribution in [1.29, 1.82) is 0 Å². The fourth-order valence-electron chi connectivity index (χ4n) is 0.931. The van der Waals surface area contributed by atoms with Crippen LogP contribution in [0.2, 0.25) is 0 Å². The predicted molar refractivity (Wildman–Crippen MR) is 58.9 cm³/mol. The van der Waals surface area contributed by atoms with Crippen LogP contribution in [0, 0.1) is 5.92 Å². The van der Waals surface area contributed by atoms with Crippen molar-refractivity contribution < 1.29 is 13.2 Å². The Morgan fingerprint density at radius 2 is 2.00 bits per heavy atom. The Balaban J connectivity index is 3.21. The van der Waals surface area contributed by atoms with Crippen molar-refractivity contribution in [3.05, 3.63) is 0 Å². The fraction of sp³-hybridized carbons (Fsp3) is 1.00. The average Bonchev–Trinajstić information content (AvgIpc) is 2.02. The summed E-state index contributed by atoms with van der Waals surface area (Å²) in [6.45, 7) is 3.29. The highest BCUT2D eigenvalue weighted by atomic mass is 32.2. The molecule has 0 amide bonds. The summed E-state index contributed by atoms with van der Waals surface area (Å²) >= 11 is 1.78. The van der Waals surface area contributed by atoms with Gasteiger partial charge in [0.25, 0.3) is 0 Å². The first kappa shape index (κ1) is 14.5. The largest absolute Gasteiger partial charge is 0.441 e. The zero-order chi connectivity index (χ0) is 11.0. The van der Waals surface area contributed by atoms with E-state index in [1.165, 1.54) is 0 Å². The molecule has 1 N–H and O–H groups in total. The number of rotatable bonds is 7. The zero-order valence-corrected chi connectivity index (χ0v) is 9.99. The molecule has 0 bridgehead atoms. The van der Waals surface area contributed by atoms with Gasteiger partial charge in [-0.15, -0.1) is 0 Å². The van der Waals surface area contributed by atoms with Crippen molar-refractivity contribution in [2.75, 3.05) is 30.9 Å². The van der Waals surface area contributed by atoms with Gasteiger partial charge in [-0.25, -0.2) is 0 Å². The monoisotopic (exact) mass is 247 g/mol. The standard InChI is InChI=1S/C8H16F3NS2/c1-7(6-13-2)5-12-3-4-14-8(9,10)11/h7,12H,3-6H2,1-2H3. The van der Waals surface area contributed by atoms with Gasteiger partial charge in [-0.3, -0.25) is 0 Å². The third-order valence-corrected chi connectivity index (χ3v) is 3.13. The van der Waals surface area contributed by atoms with Crippen molar-refractivity contribution in [1.82, 2.24) is 5.32 Å². The molecule has 0 fully saturated rings. The Hall–Kier alpha value is 0.450. The maximum absolute atomic E-state index is 11.7. The molecule has 0 saturated carbocycles. The lowest BCUT2D eigenvalue weighted by molar-refractivity contribution is -0.0327. The summed E-state index contributed by atoms with van der Waals surface area (Å²) in [4.78, 5) is 0. The zero-order valence-electron chi connectivity index (χ0n) is 8.36. The highest BCUT2D eigenvalue weighted by molar-refractivity contribution is 8.00. The summed E-state index contributed by atoms with van der Waals surface area (Å²) in [6.07, 6.45) is 2.02. The van der Waals surface area contributed by atoms with Crippen molar-refractivity contribution in [2.45, 2.75) is 12.4 Å². The van der Waals surface area contributed by atoms with Crippen molar-refractivity contribution in [3.8, 4) is 0 Å². The SMILES string of the molecule is CSCC(C)CNCCSC(F)(F)F. The van der Waals surface area contributed by atoms with Crippen LogP contribution in [-0.2, 0) is 0 Å². The summed E-state index contributed by atoms with van der Waals surface area (Å²) in [5.74, 6) is 1.65. The number of nitrogens with one attached hydrogen (secondary N) is 1. The van der Waals surface area contributed by atoms with Crippen LogP contribution in [0.3, 0.4) is 0 Å². The number of alkyl halides is 3. The molecule has 0 rings (SSSR count). The molecular weight excluding hydrogens is 231 g/mol. The van der Waals surface area contributed by atoms with Crippen LogP contribution in [0.5, 0.6) is 0 Å². The van der Waals surface area contributed by atoms with E-state index in [9.17, 15) is 13.2 Å². The lowest BCUT2D eigenvalue weighted by Crippen LogP contribution is -2.25. The van der Waals surface area contributed by atoms with E-state index in [4.69, 9.17) is 0 Å². The van der Waals surface area contributed by atoms with Gasteiger partial charge in [0.15, 0.2) is 0 Å². The van der Waals surface area contributed by atoms with Gasteiger partial charge >= 0.3 is 5.51 Å². The summed E-state index contributed by atoms with van der Waals surface area (Å²) in [6, 6.07) is 0. The van der Waals surface area contributed by atoms with E-state index in [2.05, 4.69) is 12.2 Å². The van der Waals surface area contributed by atoms with Gasteiger partial charge < -0.3 is 5.32 Å². The summed E-state index contributed by atoms with van der Waals surface area (Å²) in [5.41, 5.74) is -4.09. The summed E-state index contributed by atoms with van der Waals surface area (Å²) in [5, 5.41) is 3.01. The summed E-state index contributed by atoms with van der Waals surface area (Å²) < 4.78 is 35.1. The van der Waals surface area contributed by atoms with Gasteiger partial charge in [-0.1, -0.05) is 6.92 Å². The smallest absolute Gasteiger partial charge is 0.316 e. The van der Waals surface area contributed by atoms with Gasteiger partial charge in [-0.05, 0) is 36.2 Å². The Morgan fingerprint density at radius 1 is 1.36 bits per heavy atom. The second-order valence-electron chi connectivity index (χ2n) is 3.06. The van der Waals surface area contributed by atoms with Gasteiger partial charge in [0.05, 0.1) is 0 Å². The van der Waals surface area contributed by atoms with E-state index in [0.29, 0.717) is 12.5 Å². The molecule has 1 atom stereocenters. The van der Waals surface area contributed by atoms with E-state index >= 15 is 0 Å². The molecule has 14 heavy (non-hydrogen) atoms. The van der Waals surface area contributed by atoms with Gasteiger partial charge in [0.2, 0.25) is 0 Å². The quantitative estimate of drug-likeness (QED) is 0.695. The van der Waals surface area contributed by atoms with Crippen molar-refractivity contribution >= 4 is 23.5 Å². The molecule has 0 aliphatic rings. The predicted octanol–water partition coefficient (Wildman–Crippen LogP) is 2.83. The topological polar surface area (TPSA) is 12.0 Å². The van der Waals surface area contributed by atoms with E-state index in [1.54, 1.807) is 11.8 Å². The van der Waals surface area contributed by atoms with E-state index in [1.807, 2.05) is 6.26 Å². The number of thioether (sulfide) groups is 2. The van der Waals surface area contributed by atoms with Crippen LogP contribution in [0.15, 0.2) is 0 Å². The molecular formula is C8H16F3NS2. The van der Waals surface area contributed by atoms with Crippen LogP contribution in [0.25, 0.3) is 0 Å². The number of halogens is 3. The Morgan fingerprint density at radius 3 is 2.50 bits per heavy atom. The van der Waals surface area contributed by atoms with Crippen LogP contribution in [0.1, 0.15) is 6.92 Å². The molecule has 1 nitrogen and oxygen atoms in total. The Bertz CT molecular complexity index is 141. The van der Waals surface area contributed by atoms with E-state index in [0.717, 1.165) is 12.3 Å². The Labute approximate surface area is 91.6 Å². The lowest BCUT2D eigenvalue weighted by Gasteiger charge is -2.11. The molecule has 0 heterocycles. The Kier molecular flexibility index (Phi) is 7.95. The second kappa shape index (κ2) is 7.70. The second-order valence-corrected chi connectivity index (χ2v) is 5.13. The van der Waals surface area contributed by atoms with Crippen LogP contribution < -0.4 is 5.32 Å². The average molecular weight is 247 g/mol. The van der Waals surface area contributed by atoms with Crippen LogP contribution >= 0.6 is 23.5 Å². The van der Waals surface area contributed by atoms with Gasteiger partial charge in [0, 0.05) is 12.3 Å². The molecule has 6 heteroatoms. The third kappa shape index (κ3) is 10.5. The van der Waals surface area contributed by atoms with Crippen molar-refractivity contribution in [3.63, 3.8) is 0 Å². The minimum absolute atomic E-state index is 0.0309.